The molecule has 7 nitrogen and oxygen atoms in total. The molecule has 31 heavy (non-hydrogen) atoms. The highest BCUT2D eigenvalue weighted by Crippen LogP contribution is 2.18. The van der Waals surface area contributed by atoms with Crippen LogP contribution in [-0.4, -0.2) is 31.6 Å². The molecule has 2 aromatic carbocycles. The predicted octanol–water partition coefficient (Wildman–Crippen LogP) is 3.77. The smallest absolute Gasteiger partial charge is 0.408 e. The third-order valence-electron chi connectivity index (χ3n) is 4.53. The zero-order valence-electron chi connectivity index (χ0n) is 18.0. The van der Waals surface area contributed by atoms with Crippen LogP contribution in [0.5, 0.6) is 0 Å². The summed E-state index contributed by atoms with van der Waals surface area (Å²) >= 11 is 0. The van der Waals surface area contributed by atoms with Crippen molar-refractivity contribution in [2.75, 3.05) is 13.7 Å². The molecule has 0 bridgehead atoms. The largest absolute Gasteiger partial charge is 0.465 e. The number of hydrogen-bond acceptors (Lipinski definition) is 5. The van der Waals surface area contributed by atoms with E-state index in [0.717, 1.165) is 11.1 Å². The van der Waals surface area contributed by atoms with Gasteiger partial charge in [0, 0.05) is 6.54 Å². The lowest BCUT2D eigenvalue weighted by atomic mass is 10.0. The van der Waals surface area contributed by atoms with Crippen molar-refractivity contribution < 1.29 is 23.9 Å². The molecule has 7 heteroatoms. The van der Waals surface area contributed by atoms with Crippen LogP contribution in [0.15, 0.2) is 66.7 Å². The fourth-order valence-electron chi connectivity index (χ4n) is 2.78. The van der Waals surface area contributed by atoms with Crippen LogP contribution in [0.4, 0.5) is 4.79 Å². The number of rotatable bonds is 9. The summed E-state index contributed by atoms with van der Waals surface area (Å²) in [5.41, 5.74) is 2.00. The number of alkyl carbamates (subject to hydrolysis) is 1. The Morgan fingerprint density at radius 2 is 1.68 bits per heavy atom. The summed E-state index contributed by atoms with van der Waals surface area (Å²) < 4.78 is 10.0. The normalized spacial score (nSPS) is 12.6. The topological polar surface area (TPSA) is 93.7 Å². The molecular formula is C24H28N2O5. The van der Waals surface area contributed by atoms with E-state index in [4.69, 9.17) is 9.47 Å². The van der Waals surface area contributed by atoms with Crippen LogP contribution in [0.1, 0.15) is 41.4 Å². The molecule has 0 fully saturated rings. The Morgan fingerprint density at radius 3 is 2.29 bits per heavy atom. The van der Waals surface area contributed by atoms with Crippen LogP contribution < -0.4 is 10.6 Å². The van der Waals surface area contributed by atoms with Gasteiger partial charge in [-0.25, -0.2) is 9.59 Å². The van der Waals surface area contributed by atoms with Crippen molar-refractivity contribution in [2.24, 2.45) is 5.92 Å². The summed E-state index contributed by atoms with van der Waals surface area (Å²) in [7, 11) is 1.31. The lowest BCUT2D eigenvalue weighted by molar-refractivity contribution is -0.123. The predicted molar refractivity (Wildman–Crippen MR) is 117 cm³/mol. The second-order valence-corrected chi connectivity index (χ2v) is 6.87. The molecule has 0 saturated carbocycles. The average molecular weight is 424 g/mol. The van der Waals surface area contributed by atoms with Gasteiger partial charge in [0.15, 0.2) is 0 Å². The van der Waals surface area contributed by atoms with Crippen molar-refractivity contribution in [1.29, 1.82) is 0 Å². The van der Waals surface area contributed by atoms with Gasteiger partial charge in [-0.3, -0.25) is 4.79 Å². The van der Waals surface area contributed by atoms with Crippen molar-refractivity contribution in [2.45, 2.75) is 26.5 Å². The number of carbonyl (C=O) groups is 3. The zero-order valence-corrected chi connectivity index (χ0v) is 18.0. The standard InChI is InChI=1S/C24H28N2O5/c1-4-25-22(27)17(2)10-15-21(19-11-13-20(14-12-19)23(28)30-3)26-24(29)31-16-18-8-6-5-7-9-18/h5-15,17,21H,4,16H2,1-3H3,(H,25,27)(H,26,29)/b15-10+/t17-,21?/m1/s1. The van der Waals surface area contributed by atoms with Gasteiger partial charge in [0.2, 0.25) is 5.91 Å². The molecule has 2 aromatic rings. The first kappa shape index (κ1) is 23.7. The fourth-order valence-corrected chi connectivity index (χ4v) is 2.78. The Bertz CT molecular complexity index is 894. The average Bonchev–Trinajstić information content (AvgIpc) is 2.80. The summed E-state index contributed by atoms with van der Waals surface area (Å²) in [5.74, 6) is -0.928. The van der Waals surface area contributed by atoms with Gasteiger partial charge in [-0.2, -0.15) is 0 Å². The third-order valence-corrected chi connectivity index (χ3v) is 4.53. The summed E-state index contributed by atoms with van der Waals surface area (Å²) in [6.45, 7) is 4.30. The SMILES string of the molecule is CCNC(=O)[C@H](C)/C=C/C(NC(=O)OCc1ccccc1)c1ccc(C(=O)OC)cc1. The Balaban J connectivity index is 2.13. The number of carbonyl (C=O) groups excluding carboxylic acids is 3. The van der Waals surface area contributed by atoms with Crippen molar-refractivity contribution >= 4 is 18.0 Å². The molecule has 0 aromatic heterocycles. The van der Waals surface area contributed by atoms with Gasteiger partial charge in [0.25, 0.3) is 0 Å². The first-order valence-corrected chi connectivity index (χ1v) is 10.1. The second kappa shape index (κ2) is 12.2. The summed E-state index contributed by atoms with van der Waals surface area (Å²) in [6, 6.07) is 15.5. The zero-order chi connectivity index (χ0) is 22.6. The van der Waals surface area contributed by atoms with Crippen LogP contribution in [0.3, 0.4) is 0 Å². The number of hydrogen-bond donors (Lipinski definition) is 2. The van der Waals surface area contributed by atoms with Crippen LogP contribution in [0.2, 0.25) is 0 Å². The number of nitrogens with one attached hydrogen (secondary N) is 2. The molecule has 0 heterocycles. The molecule has 164 valence electrons. The lowest BCUT2D eigenvalue weighted by Gasteiger charge is -2.17. The minimum Gasteiger partial charge on any atom is -0.465 e. The van der Waals surface area contributed by atoms with Crippen LogP contribution in [0, 0.1) is 5.92 Å². The lowest BCUT2D eigenvalue weighted by Crippen LogP contribution is -2.29. The Labute approximate surface area is 182 Å². The molecule has 0 radical (unpaired) electrons. The van der Waals surface area contributed by atoms with Crippen LogP contribution in [-0.2, 0) is 20.9 Å². The first-order valence-electron chi connectivity index (χ1n) is 10.1. The summed E-state index contributed by atoms with van der Waals surface area (Å²) in [6.07, 6.45) is 2.86. The molecule has 0 aliphatic heterocycles. The van der Waals surface area contributed by atoms with Crippen LogP contribution in [0.25, 0.3) is 0 Å². The maximum atomic E-state index is 12.4. The number of methoxy groups -OCH3 is 1. The van der Waals surface area contributed by atoms with Gasteiger partial charge in [0.1, 0.15) is 6.61 Å². The van der Waals surface area contributed by atoms with Gasteiger partial charge < -0.3 is 20.1 Å². The minimum atomic E-state index is -0.596. The fraction of sp³-hybridized carbons (Fsp3) is 0.292. The number of amides is 2. The van der Waals surface area contributed by atoms with Gasteiger partial charge in [-0.1, -0.05) is 61.5 Å². The monoisotopic (exact) mass is 424 g/mol. The third kappa shape index (κ3) is 7.62. The maximum Gasteiger partial charge on any atom is 0.408 e. The highest BCUT2D eigenvalue weighted by atomic mass is 16.5. The molecule has 0 saturated heterocycles. The van der Waals surface area contributed by atoms with E-state index in [1.807, 2.05) is 37.3 Å². The summed E-state index contributed by atoms with van der Waals surface area (Å²) in [5, 5.41) is 5.56. The van der Waals surface area contributed by atoms with Crippen molar-refractivity contribution in [3.05, 3.63) is 83.4 Å². The molecule has 0 aliphatic rings. The van der Waals surface area contributed by atoms with Gasteiger partial charge >= 0.3 is 12.1 Å². The molecule has 2 amide bonds. The summed E-state index contributed by atoms with van der Waals surface area (Å²) in [4.78, 5) is 36.1. The van der Waals surface area contributed by atoms with Crippen molar-refractivity contribution in [3.63, 3.8) is 0 Å². The van der Waals surface area contributed by atoms with Crippen molar-refractivity contribution in [1.82, 2.24) is 10.6 Å². The molecule has 0 aliphatic carbocycles. The van der Waals surface area contributed by atoms with E-state index in [1.165, 1.54) is 7.11 Å². The molecule has 2 rings (SSSR count). The molecule has 2 N–H and O–H groups in total. The van der Waals surface area contributed by atoms with Gasteiger partial charge in [-0.15, -0.1) is 0 Å². The van der Waals surface area contributed by atoms with E-state index in [1.54, 1.807) is 43.3 Å². The highest BCUT2D eigenvalue weighted by Gasteiger charge is 2.16. The number of esters is 1. The van der Waals surface area contributed by atoms with Gasteiger partial charge in [0.05, 0.1) is 24.6 Å². The maximum absolute atomic E-state index is 12.4. The van der Waals surface area contributed by atoms with E-state index in [9.17, 15) is 14.4 Å². The minimum absolute atomic E-state index is 0.106. The molecular weight excluding hydrogens is 396 g/mol. The van der Waals surface area contributed by atoms with E-state index < -0.39 is 18.1 Å². The molecule has 0 spiro atoms. The Hall–Kier alpha value is -3.61. The molecule has 2 atom stereocenters. The van der Waals surface area contributed by atoms with Gasteiger partial charge in [-0.05, 0) is 30.2 Å². The first-order chi connectivity index (χ1) is 14.9. The molecule has 1 unspecified atom stereocenters. The van der Waals surface area contributed by atoms with E-state index in [2.05, 4.69) is 10.6 Å². The van der Waals surface area contributed by atoms with E-state index >= 15 is 0 Å². The number of ether oxygens (including phenoxy) is 2. The van der Waals surface area contributed by atoms with E-state index in [-0.39, 0.29) is 18.4 Å². The van der Waals surface area contributed by atoms with Crippen LogP contribution >= 0.6 is 0 Å². The Morgan fingerprint density at radius 1 is 1.00 bits per heavy atom. The number of benzene rings is 2. The highest BCUT2D eigenvalue weighted by molar-refractivity contribution is 5.89. The second-order valence-electron chi connectivity index (χ2n) is 6.87. The van der Waals surface area contributed by atoms with E-state index in [0.29, 0.717) is 12.1 Å². The van der Waals surface area contributed by atoms with Crippen molar-refractivity contribution in [3.8, 4) is 0 Å². The Kier molecular flexibility index (Phi) is 9.29. The quantitative estimate of drug-likeness (QED) is 0.472.